The van der Waals surface area contributed by atoms with E-state index in [0.717, 1.165) is 11.1 Å². The van der Waals surface area contributed by atoms with Crippen molar-refractivity contribution in [3.8, 4) is 5.75 Å². The third-order valence-corrected chi connectivity index (χ3v) is 5.82. The molecule has 12 heteroatoms. The Morgan fingerprint density at radius 2 is 1.76 bits per heavy atom. The molecule has 2 aromatic heterocycles. The van der Waals surface area contributed by atoms with Crippen LogP contribution < -0.4 is 26.0 Å². The van der Waals surface area contributed by atoms with Crippen LogP contribution in [0.15, 0.2) is 60.8 Å². The highest BCUT2D eigenvalue weighted by Crippen LogP contribution is 2.28. The van der Waals surface area contributed by atoms with Crippen molar-refractivity contribution in [1.82, 2.24) is 30.5 Å². The summed E-state index contributed by atoms with van der Waals surface area (Å²) in [4.78, 5) is 53.8. The molecule has 0 unspecified atom stereocenters. The van der Waals surface area contributed by atoms with Gasteiger partial charge in [0.05, 0.1) is 11.9 Å². The molecule has 0 atom stereocenters. The summed E-state index contributed by atoms with van der Waals surface area (Å²) in [7, 11) is 1.55. The first kappa shape index (κ1) is 24.4. The number of fused-ring (bicyclic) bond motifs is 2. The number of hydrogen-bond donors (Lipinski definition) is 4. The van der Waals surface area contributed by atoms with E-state index < -0.39 is 11.8 Å². The van der Waals surface area contributed by atoms with Crippen molar-refractivity contribution in [2.24, 2.45) is 0 Å². The Hall–Kier alpha value is -5.26. The second-order valence-corrected chi connectivity index (χ2v) is 8.44. The van der Waals surface area contributed by atoms with Gasteiger partial charge in [-0.15, -0.1) is 0 Å². The highest BCUT2D eigenvalue weighted by molar-refractivity contribution is 5.98. The van der Waals surface area contributed by atoms with Crippen LogP contribution in [0.25, 0.3) is 5.65 Å². The molecule has 1 aliphatic rings. The summed E-state index contributed by atoms with van der Waals surface area (Å²) < 4.78 is 6.70. The lowest BCUT2D eigenvalue weighted by Crippen LogP contribution is -2.29. The highest BCUT2D eigenvalue weighted by atomic mass is 16.5. The van der Waals surface area contributed by atoms with Gasteiger partial charge >= 0.3 is 0 Å². The number of nitrogens with one attached hydrogen (secondary N) is 4. The molecule has 0 spiro atoms. The first-order valence-corrected chi connectivity index (χ1v) is 11.7. The van der Waals surface area contributed by atoms with Crippen molar-refractivity contribution in [3.63, 3.8) is 0 Å². The van der Waals surface area contributed by atoms with Crippen molar-refractivity contribution in [2.45, 2.75) is 13.1 Å². The third kappa shape index (κ3) is 5.14. The van der Waals surface area contributed by atoms with Crippen LogP contribution in [0.3, 0.4) is 0 Å². The third-order valence-electron chi connectivity index (χ3n) is 5.82. The highest BCUT2D eigenvalue weighted by Gasteiger charge is 2.19. The number of benzene rings is 2. The number of anilines is 1. The Morgan fingerprint density at radius 1 is 0.974 bits per heavy atom. The molecule has 0 saturated heterocycles. The molecule has 38 heavy (non-hydrogen) atoms. The number of nitrogens with zero attached hydrogens (tertiary/aromatic N) is 3. The SMILES string of the molecule is CNC(=O)c1cccc(CNC(=O)c2cc(C(=O)NCc3ccc4c(c3)NC(=O)CO4)nc3ccnn23)c1. The molecule has 0 radical (unpaired) electrons. The summed E-state index contributed by atoms with van der Waals surface area (Å²) >= 11 is 0. The molecule has 0 aliphatic carbocycles. The molecule has 2 aromatic carbocycles. The smallest absolute Gasteiger partial charge is 0.270 e. The maximum absolute atomic E-state index is 13.1. The van der Waals surface area contributed by atoms with Crippen LogP contribution in [0.4, 0.5) is 5.69 Å². The predicted octanol–water partition coefficient (Wildman–Crippen LogP) is 1.28. The minimum atomic E-state index is -0.487. The summed E-state index contributed by atoms with van der Waals surface area (Å²) in [6, 6.07) is 15.1. The zero-order valence-corrected chi connectivity index (χ0v) is 20.3. The largest absolute Gasteiger partial charge is 0.482 e. The summed E-state index contributed by atoms with van der Waals surface area (Å²) in [6.45, 7) is 0.288. The maximum Gasteiger partial charge on any atom is 0.270 e. The van der Waals surface area contributed by atoms with Gasteiger partial charge in [-0.05, 0) is 35.4 Å². The van der Waals surface area contributed by atoms with Gasteiger partial charge in [-0.2, -0.15) is 5.10 Å². The van der Waals surface area contributed by atoms with Crippen LogP contribution in [-0.2, 0) is 17.9 Å². The van der Waals surface area contributed by atoms with Gasteiger partial charge in [0.1, 0.15) is 17.1 Å². The molecule has 12 nitrogen and oxygen atoms in total. The summed E-state index contributed by atoms with van der Waals surface area (Å²) in [6.07, 6.45) is 1.48. The molecule has 5 rings (SSSR count). The second kappa shape index (κ2) is 10.4. The Morgan fingerprint density at radius 3 is 2.58 bits per heavy atom. The fraction of sp³-hybridized carbons (Fsp3) is 0.154. The normalized spacial score (nSPS) is 12.2. The monoisotopic (exact) mass is 513 g/mol. The molecule has 4 N–H and O–H groups in total. The second-order valence-electron chi connectivity index (χ2n) is 8.44. The summed E-state index contributed by atoms with van der Waals surface area (Å²) in [5.74, 6) is -0.870. The first-order chi connectivity index (χ1) is 18.4. The molecular formula is C26H23N7O5. The number of hydrogen-bond acceptors (Lipinski definition) is 7. The van der Waals surface area contributed by atoms with E-state index in [2.05, 4.69) is 31.3 Å². The van der Waals surface area contributed by atoms with Gasteiger partial charge in [0.15, 0.2) is 12.3 Å². The van der Waals surface area contributed by atoms with E-state index in [0.29, 0.717) is 22.6 Å². The Bertz CT molecular complexity index is 1580. The predicted molar refractivity (Wildman–Crippen MR) is 136 cm³/mol. The van der Waals surface area contributed by atoms with Crippen LogP contribution in [0.2, 0.25) is 0 Å². The van der Waals surface area contributed by atoms with Gasteiger partial charge in [-0.1, -0.05) is 18.2 Å². The van der Waals surface area contributed by atoms with E-state index in [-0.39, 0.29) is 42.9 Å². The molecule has 0 bridgehead atoms. The van der Waals surface area contributed by atoms with Gasteiger partial charge in [0, 0.05) is 37.8 Å². The standard InChI is InChI=1S/C26H23N7O5/c1-27-24(35)17-4-2-3-15(9-17)12-29-26(37)20-11-19(31-22-7-8-30-33(20)22)25(36)28-13-16-5-6-21-18(10-16)32-23(34)14-38-21/h2-11H,12-14H2,1H3,(H,27,35)(H,28,36)(H,29,37)(H,32,34). The van der Waals surface area contributed by atoms with Gasteiger partial charge in [-0.25, -0.2) is 9.50 Å². The van der Waals surface area contributed by atoms with Gasteiger partial charge in [0.2, 0.25) is 0 Å². The lowest BCUT2D eigenvalue weighted by molar-refractivity contribution is -0.118. The molecule has 3 heterocycles. The van der Waals surface area contributed by atoms with Crippen LogP contribution in [0.5, 0.6) is 5.75 Å². The molecule has 4 aromatic rings. The van der Waals surface area contributed by atoms with Crippen LogP contribution >= 0.6 is 0 Å². The number of ether oxygens (including phenoxy) is 1. The van der Waals surface area contributed by atoms with E-state index in [9.17, 15) is 19.2 Å². The minimum absolute atomic E-state index is 0.0376. The topological polar surface area (TPSA) is 156 Å². The van der Waals surface area contributed by atoms with Gasteiger partial charge in [0.25, 0.3) is 23.6 Å². The molecule has 0 fully saturated rings. The average Bonchev–Trinajstić information content (AvgIpc) is 3.42. The van der Waals surface area contributed by atoms with E-state index in [1.54, 1.807) is 55.6 Å². The molecule has 4 amide bonds. The molecule has 1 aliphatic heterocycles. The lowest BCUT2D eigenvalue weighted by Gasteiger charge is -2.18. The number of carbonyl (C=O) groups excluding carboxylic acids is 4. The summed E-state index contributed by atoms with van der Waals surface area (Å²) in [5, 5.41) is 15.0. The quantitative estimate of drug-likeness (QED) is 0.290. The number of amides is 4. The maximum atomic E-state index is 13.1. The minimum Gasteiger partial charge on any atom is -0.482 e. The van der Waals surface area contributed by atoms with E-state index >= 15 is 0 Å². The van der Waals surface area contributed by atoms with Crippen molar-refractivity contribution in [1.29, 1.82) is 0 Å². The Kier molecular flexibility index (Phi) is 6.68. The number of aromatic nitrogens is 3. The molecule has 192 valence electrons. The van der Waals surface area contributed by atoms with Gasteiger partial charge in [-0.3, -0.25) is 19.2 Å². The zero-order valence-electron chi connectivity index (χ0n) is 20.3. The van der Waals surface area contributed by atoms with Crippen molar-refractivity contribution in [3.05, 3.63) is 88.9 Å². The van der Waals surface area contributed by atoms with Crippen molar-refractivity contribution < 1.29 is 23.9 Å². The number of rotatable bonds is 7. The lowest BCUT2D eigenvalue weighted by atomic mass is 10.1. The summed E-state index contributed by atoms with van der Waals surface area (Å²) in [5.41, 5.74) is 2.98. The first-order valence-electron chi connectivity index (χ1n) is 11.7. The average molecular weight is 514 g/mol. The van der Waals surface area contributed by atoms with Crippen LogP contribution in [0, 0.1) is 0 Å². The van der Waals surface area contributed by atoms with E-state index in [1.165, 1.54) is 16.8 Å². The molecule has 0 saturated carbocycles. The Balaban J connectivity index is 1.30. The molecular weight excluding hydrogens is 490 g/mol. The van der Waals surface area contributed by atoms with Crippen LogP contribution in [0.1, 0.15) is 42.5 Å². The van der Waals surface area contributed by atoms with Crippen molar-refractivity contribution in [2.75, 3.05) is 19.0 Å². The number of carbonyl (C=O) groups is 4. The Labute approximate surface area is 216 Å². The van der Waals surface area contributed by atoms with Crippen LogP contribution in [-0.4, -0.2) is 51.9 Å². The van der Waals surface area contributed by atoms with E-state index in [4.69, 9.17) is 4.74 Å². The van der Waals surface area contributed by atoms with Gasteiger partial charge < -0.3 is 26.0 Å². The zero-order chi connectivity index (χ0) is 26.6. The van der Waals surface area contributed by atoms with Crippen molar-refractivity contribution >= 4 is 35.0 Å². The fourth-order valence-corrected chi connectivity index (χ4v) is 3.94. The fourth-order valence-electron chi connectivity index (χ4n) is 3.94. The van der Waals surface area contributed by atoms with E-state index in [1.807, 2.05) is 0 Å².